The van der Waals surface area contributed by atoms with Crippen LogP contribution in [0.5, 0.6) is 5.75 Å². The van der Waals surface area contributed by atoms with E-state index in [0.717, 1.165) is 35.4 Å². The number of hydrogen-bond donors (Lipinski definition) is 0. The Kier molecular flexibility index (Phi) is 6.13. The van der Waals surface area contributed by atoms with Crippen LogP contribution >= 0.6 is 11.3 Å². The van der Waals surface area contributed by atoms with Gasteiger partial charge in [0.15, 0.2) is 10.9 Å². The van der Waals surface area contributed by atoms with Gasteiger partial charge < -0.3 is 14.1 Å². The normalized spacial score (nSPS) is 11.3. The third-order valence-corrected chi connectivity index (χ3v) is 5.87. The van der Waals surface area contributed by atoms with Crippen molar-refractivity contribution in [2.24, 2.45) is 0 Å². The van der Waals surface area contributed by atoms with Crippen LogP contribution in [0, 0.1) is 6.92 Å². The molecule has 0 saturated carbocycles. The quantitative estimate of drug-likeness (QED) is 0.580. The number of fused-ring (bicyclic) bond motifs is 1. The van der Waals surface area contributed by atoms with Gasteiger partial charge in [-0.25, -0.2) is 4.98 Å². The molecule has 0 unspecified atom stereocenters. The van der Waals surface area contributed by atoms with Gasteiger partial charge in [-0.2, -0.15) is 0 Å². The lowest BCUT2D eigenvalue weighted by molar-refractivity contribution is 0.0957. The van der Waals surface area contributed by atoms with Crippen molar-refractivity contribution in [1.82, 2.24) is 9.88 Å². The number of likely N-dealkylation sites (N-methyl/N-ethyl adjacent to an activating group) is 1. The summed E-state index contributed by atoms with van der Waals surface area (Å²) in [6.45, 7) is 9.46. The molecule has 0 N–H and O–H groups in total. The second-order valence-electron chi connectivity index (χ2n) is 6.22. The Balaban J connectivity index is 2.00. The largest absolute Gasteiger partial charge is 0.494 e. The van der Waals surface area contributed by atoms with Crippen LogP contribution in [0.3, 0.4) is 0 Å². The molecule has 7 heteroatoms. The van der Waals surface area contributed by atoms with Crippen molar-refractivity contribution in [3.8, 4) is 5.75 Å². The molecule has 0 saturated heterocycles. The molecule has 2 aromatic heterocycles. The maximum absolute atomic E-state index is 13.1. The van der Waals surface area contributed by atoms with E-state index in [9.17, 15) is 4.79 Å². The third-order valence-electron chi connectivity index (χ3n) is 4.65. The average molecular weight is 388 g/mol. The number of ether oxygens (including phenoxy) is 1. The molecule has 27 heavy (non-hydrogen) atoms. The Hall–Kier alpha value is -2.38. The fourth-order valence-electron chi connectivity index (χ4n) is 2.98. The smallest absolute Gasteiger partial charge is 0.295 e. The van der Waals surface area contributed by atoms with Gasteiger partial charge in [-0.15, -0.1) is 0 Å². The van der Waals surface area contributed by atoms with E-state index in [2.05, 4.69) is 18.7 Å². The van der Waals surface area contributed by atoms with E-state index in [0.29, 0.717) is 23.2 Å². The number of aromatic nitrogens is 1. The van der Waals surface area contributed by atoms with Crippen LogP contribution in [0.25, 0.3) is 10.2 Å². The Bertz CT molecular complexity index is 901. The number of benzene rings is 1. The van der Waals surface area contributed by atoms with E-state index in [-0.39, 0.29) is 5.91 Å². The van der Waals surface area contributed by atoms with Crippen LogP contribution < -0.4 is 9.64 Å². The minimum absolute atomic E-state index is 0.178. The molecule has 0 bridgehead atoms. The molecule has 0 aliphatic carbocycles. The summed E-state index contributed by atoms with van der Waals surface area (Å²) < 4.78 is 11.8. The number of thiazole rings is 1. The van der Waals surface area contributed by atoms with Crippen LogP contribution in [-0.4, -0.2) is 49.1 Å². The Morgan fingerprint density at radius 1 is 1.22 bits per heavy atom. The van der Waals surface area contributed by atoms with Crippen molar-refractivity contribution in [3.63, 3.8) is 0 Å². The molecule has 1 aromatic carbocycles. The lowest BCUT2D eigenvalue weighted by atomic mass is 10.2. The second kappa shape index (κ2) is 8.54. The number of carbonyl (C=O) groups is 1. The van der Waals surface area contributed by atoms with Gasteiger partial charge in [-0.05, 0) is 43.8 Å². The highest BCUT2D eigenvalue weighted by molar-refractivity contribution is 7.22. The molecule has 3 aromatic rings. The maximum atomic E-state index is 13.1. The molecule has 0 fully saturated rings. The number of methoxy groups -OCH3 is 1. The molecule has 0 aliphatic heterocycles. The van der Waals surface area contributed by atoms with Gasteiger partial charge in [-0.1, -0.05) is 31.3 Å². The Labute approximate surface area is 163 Å². The van der Waals surface area contributed by atoms with Crippen LogP contribution in [-0.2, 0) is 0 Å². The van der Waals surface area contributed by atoms with E-state index < -0.39 is 0 Å². The number of carbonyl (C=O) groups excluding carboxylic acids is 1. The van der Waals surface area contributed by atoms with Gasteiger partial charge in [0.2, 0.25) is 0 Å². The topological polar surface area (TPSA) is 58.8 Å². The number of anilines is 1. The van der Waals surface area contributed by atoms with Crippen LogP contribution in [0.4, 0.5) is 5.13 Å². The Morgan fingerprint density at radius 3 is 2.63 bits per heavy atom. The van der Waals surface area contributed by atoms with Crippen molar-refractivity contribution >= 4 is 32.6 Å². The zero-order chi connectivity index (χ0) is 19.4. The number of hydrogen-bond acceptors (Lipinski definition) is 6. The van der Waals surface area contributed by atoms with Crippen molar-refractivity contribution in [2.45, 2.75) is 20.8 Å². The zero-order valence-corrected chi connectivity index (χ0v) is 17.0. The standard InChI is InChI=1S/C20H25N3O3S/c1-5-22(6-2)11-12-23(19(24)16-8-7-13-26-16)20-21-17-15(25-4)10-9-14(3)18(17)27-20/h7-10,13H,5-6,11-12H2,1-4H3. The molecular formula is C20H25N3O3S. The van der Waals surface area contributed by atoms with Gasteiger partial charge in [0.25, 0.3) is 5.91 Å². The molecule has 0 aliphatic rings. The number of amides is 1. The number of rotatable bonds is 8. The zero-order valence-electron chi connectivity index (χ0n) is 16.2. The summed E-state index contributed by atoms with van der Waals surface area (Å²) in [5.41, 5.74) is 1.90. The molecule has 1 amide bonds. The molecule has 0 radical (unpaired) electrons. The van der Waals surface area contributed by atoms with E-state index in [1.165, 1.54) is 17.6 Å². The summed E-state index contributed by atoms with van der Waals surface area (Å²) in [5.74, 6) is 0.854. The summed E-state index contributed by atoms with van der Waals surface area (Å²) >= 11 is 1.51. The summed E-state index contributed by atoms with van der Waals surface area (Å²) in [5, 5.41) is 0.658. The van der Waals surface area contributed by atoms with Crippen molar-refractivity contribution in [2.75, 3.05) is 38.2 Å². The lowest BCUT2D eigenvalue weighted by Gasteiger charge is -2.24. The second-order valence-corrected chi connectivity index (χ2v) is 7.20. The van der Waals surface area contributed by atoms with Crippen molar-refractivity contribution < 1.29 is 13.9 Å². The predicted octanol–water partition coefficient (Wildman–Crippen LogP) is 4.19. The molecule has 0 atom stereocenters. The van der Waals surface area contributed by atoms with Gasteiger partial charge >= 0.3 is 0 Å². The van der Waals surface area contributed by atoms with Gasteiger partial charge in [-0.3, -0.25) is 9.69 Å². The summed E-state index contributed by atoms with van der Waals surface area (Å²) in [4.78, 5) is 21.8. The highest BCUT2D eigenvalue weighted by atomic mass is 32.1. The molecule has 0 spiro atoms. The summed E-state index contributed by atoms with van der Waals surface area (Å²) in [6, 6.07) is 7.33. The van der Waals surface area contributed by atoms with Crippen LogP contribution in [0.2, 0.25) is 0 Å². The van der Waals surface area contributed by atoms with E-state index in [1.54, 1.807) is 24.1 Å². The SMILES string of the molecule is CCN(CC)CCN(C(=O)c1ccco1)c1nc2c(OC)ccc(C)c2s1. The van der Waals surface area contributed by atoms with Crippen molar-refractivity contribution in [1.29, 1.82) is 0 Å². The van der Waals surface area contributed by atoms with Crippen molar-refractivity contribution in [3.05, 3.63) is 41.9 Å². The molecule has 144 valence electrons. The fraction of sp³-hybridized carbons (Fsp3) is 0.400. The first-order valence-electron chi connectivity index (χ1n) is 9.10. The number of aryl methyl sites for hydroxylation is 1. The summed E-state index contributed by atoms with van der Waals surface area (Å²) in [7, 11) is 1.63. The number of furan rings is 1. The minimum Gasteiger partial charge on any atom is -0.494 e. The van der Waals surface area contributed by atoms with Crippen LogP contribution in [0.1, 0.15) is 30.0 Å². The molecular weight excluding hydrogens is 362 g/mol. The van der Waals surface area contributed by atoms with Crippen LogP contribution in [0.15, 0.2) is 34.9 Å². The molecule has 3 rings (SSSR count). The maximum Gasteiger partial charge on any atom is 0.295 e. The molecule has 2 heterocycles. The van der Waals surface area contributed by atoms with E-state index in [4.69, 9.17) is 14.1 Å². The first kappa shape index (κ1) is 19.4. The van der Waals surface area contributed by atoms with E-state index in [1.807, 2.05) is 19.1 Å². The van der Waals surface area contributed by atoms with Gasteiger partial charge in [0.1, 0.15) is 11.3 Å². The monoisotopic (exact) mass is 387 g/mol. The van der Waals surface area contributed by atoms with Gasteiger partial charge in [0, 0.05) is 13.1 Å². The van der Waals surface area contributed by atoms with Gasteiger partial charge in [0.05, 0.1) is 18.1 Å². The Morgan fingerprint density at radius 2 is 2.00 bits per heavy atom. The lowest BCUT2D eigenvalue weighted by Crippen LogP contribution is -2.38. The predicted molar refractivity (Wildman–Crippen MR) is 109 cm³/mol. The average Bonchev–Trinajstić information content (AvgIpc) is 3.36. The number of nitrogens with zero attached hydrogens (tertiary/aromatic N) is 3. The van der Waals surface area contributed by atoms with E-state index >= 15 is 0 Å². The first-order valence-corrected chi connectivity index (χ1v) is 9.92. The highest BCUT2D eigenvalue weighted by Crippen LogP contribution is 2.36. The first-order chi connectivity index (χ1) is 13.1. The highest BCUT2D eigenvalue weighted by Gasteiger charge is 2.24. The fourth-order valence-corrected chi connectivity index (χ4v) is 4.05. The summed E-state index contributed by atoms with van der Waals surface area (Å²) in [6.07, 6.45) is 1.52. The molecule has 6 nitrogen and oxygen atoms in total. The third kappa shape index (κ3) is 3.99. The minimum atomic E-state index is -0.178.